The Morgan fingerprint density at radius 2 is 1.86 bits per heavy atom. The number of nitrogens with one attached hydrogen (secondary N) is 1. The zero-order valence-corrected chi connectivity index (χ0v) is 21.3. The average Bonchev–Trinajstić information content (AvgIpc) is 3.68. The number of pyridine rings is 2. The van der Waals surface area contributed by atoms with Crippen LogP contribution < -0.4 is 5.32 Å². The van der Waals surface area contributed by atoms with E-state index in [9.17, 15) is 14.0 Å². The first-order valence-electron chi connectivity index (χ1n) is 12.3. The molecule has 1 saturated carbocycles. The third-order valence-electron chi connectivity index (χ3n) is 6.24. The van der Waals surface area contributed by atoms with Crippen LogP contribution in [-0.2, 0) is 9.47 Å². The summed E-state index contributed by atoms with van der Waals surface area (Å²) < 4.78 is 24.6. The molecule has 10 heteroatoms. The molecule has 1 saturated heterocycles. The molecule has 194 valence electrons. The highest BCUT2D eigenvalue weighted by Gasteiger charge is 2.28. The Labute approximate surface area is 211 Å². The van der Waals surface area contributed by atoms with Crippen molar-refractivity contribution in [2.45, 2.75) is 51.2 Å². The fourth-order valence-electron chi connectivity index (χ4n) is 4.16. The van der Waals surface area contributed by atoms with Gasteiger partial charge in [-0.05, 0) is 51.2 Å². The molecule has 0 radical (unpaired) electrons. The third-order valence-corrected chi connectivity index (χ3v) is 6.24. The molecule has 0 aromatic carbocycles. The van der Waals surface area contributed by atoms with Gasteiger partial charge in [0.05, 0.1) is 30.7 Å². The Morgan fingerprint density at radius 3 is 2.42 bits per heavy atom. The van der Waals surface area contributed by atoms with Crippen molar-refractivity contribution in [2.24, 2.45) is 0 Å². The molecule has 1 atom stereocenters. The smallest absolute Gasteiger partial charge is 0.410 e. The summed E-state index contributed by atoms with van der Waals surface area (Å²) in [4.78, 5) is 36.7. The van der Waals surface area contributed by atoms with Crippen LogP contribution in [0.3, 0.4) is 0 Å². The standard InChI is InChI=1S/C26H34FN5O4/c1-26(2,3)36-25(34)32-11-9-31(10-12-32)16-22(21-8-7-18(14-28-21)17-5-6-17)30-19-13-20(27)23(29-15-19)24(33)35-4/h7-8,13-15,17,22,30H,5-6,9-12,16H2,1-4H3. The number of carbonyl (C=O) groups excluding carboxylic acids is 2. The topological polar surface area (TPSA) is 96.9 Å². The number of carbonyl (C=O) groups is 2. The molecule has 36 heavy (non-hydrogen) atoms. The minimum atomic E-state index is -0.823. The molecule has 9 nitrogen and oxygen atoms in total. The minimum Gasteiger partial charge on any atom is -0.464 e. The van der Waals surface area contributed by atoms with Crippen LogP contribution in [0.5, 0.6) is 0 Å². The number of aromatic nitrogens is 2. The zero-order chi connectivity index (χ0) is 25.9. The van der Waals surface area contributed by atoms with Crippen molar-refractivity contribution in [3.8, 4) is 0 Å². The predicted molar refractivity (Wildman–Crippen MR) is 132 cm³/mol. The second-order valence-electron chi connectivity index (χ2n) is 10.3. The maximum atomic E-state index is 14.5. The first-order chi connectivity index (χ1) is 17.1. The van der Waals surface area contributed by atoms with Crippen LogP contribution in [0.4, 0.5) is 14.9 Å². The lowest BCUT2D eigenvalue weighted by atomic mass is 10.1. The predicted octanol–water partition coefficient (Wildman–Crippen LogP) is 3.99. The summed E-state index contributed by atoms with van der Waals surface area (Å²) in [6.45, 7) is 8.62. The number of methoxy groups -OCH3 is 1. The second kappa shape index (κ2) is 10.8. The Kier molecular flexibility index (Phi) is 7.73. The van der Waals surface area contributed by atoms with E-state index >= 15 is 0 Å². The minimum absolute atomic E-state index is 0.253. The first kappa shape index (κ1) is 25.8. The van der Waals surface area contributed by atoms with E-state index in [4.69, 9.17) is 9.72 Å². The lowest BCUT2D eigenvalue weighted by Gasteiger charge is -2.37. The van der Waals surface area contributed by atoms with E-state index in [0.717, 1.165) is 5.69 Å². The summed E-state index contributed by atoms with van der Waals surface area (Å²) in [7, 11) is 1.19. The molecule has 2 aromatic rings. The zero-order valence-electron chi connectivity index (χ0n) is 21.3. The van der Waals surface area contributed by atoms with Gasteiger partial charge in [-0.1, -0.05) is 6.07 Å². The van der Waals surface area contributed by atoms with Crippen LogP contribution in [0.25, 0.3) is 0 Å². The highest BCUT2D eigenvalue weighted by molar-refractivity contribution is 5.87. The van der Waals surface area contributed by atoms with Gasteiger partial charge in [0.15, 0.2) is 11.5 Å². The van der Waals surface area contributed by atoms with Crippen LogP contribution in [-0.4, -0.2) is 77.3 Å². The van der Waals surface area contributed by atoms with Crippen molar-refractivity contribution < 1.29 is 23.5 Å². The second-order valence-corrected chi connectivity index (χ2v) is 10.3. The third kappa shape index (κ3) is 6.69. The van der Waals surface area contributed by atoms with Crippen molar-refractivity contribution in [3.63, 3.8) is 0 Å². The Balaban J connectivity index is 1.46. The summed E-state index contributed by atoms with van der Waals surface area (Å²) in [5.41, 5.74) is 1.61. The monoisotopic (exact) mass is 499 g/mol. The van der Waals surface area contributed by atoms with Crippen molar-refractivity contribution in [2.75, 3.05) is 45.2 Å². The molecule has 3 heterocycles. The van der Waals surface area contributed by atoms with Crippen LogP contribution >= 0.6 is 0 Å². The number of halogens is 1. The van der Waals surface area contributed by atoms with Crippen molar-refractivity contribution in [1.29, 1.82) is 0 Å². The van der Waals surface area contributed by atoms with Gasteiger partial charge in [-0.3, -0.25) is 9.88 Å². The average molecular weight is 500 g/mol. The van der Waals surface area contributed by atoms with Gasteiger partial charge in [-0.25, -0.2) is 19.0 Å². The maximum Gasteiger partial charge on any atom is 0.410 e. The summed E-state index contributed by atoms with van der Waals surface area (Å²) >= 11 is 0. The number of hydrogen-bond donors (Lipinski definition) is 1. The summed E-state index contributed by atoms with van der Waals surface area (Å²) in [6, 6.07) is 5.10. The number of esters is 1. The van der Waals surface area contributed by atoms with Gasteiger partial charge in [-0.2, -0.15) is 0 Å². The van der Waals surface area contributed by atoms with Gasteiger partial charge >= 0.3 is 12.1 Å². The molecule has 1 N–H and O–H groups in total. The van der Waals surface area contributed by atoms with Crippen molar-refractivity contribution in [3.05, 3.63) is 53.4 Å². The van der Waals surface area contributed by atoms with Crippen LogP contribution in [0.1, 0.15) is 67.3 Å². The quantitative estimate of drug-likeness (QED) is 0.572. The van der Waals surface area contributed by atoms with Gasteiger partial charge in [0.1, 0.15) is 5.60 Å². The highest BCUT2D eigenvalue weighted by atomic mass is 19.1. The lowest BCUT2D eigenvalue weighted by molar-refractivity contribution is 0.0142. The maximum absolute atomic E-state index is 14.5. The Morgan fingerprint density at radius 1 is 1.14 bits per heavy atom. The van der Waals surface area contributed by atoms with E-state index in [1.54, 1.807) is 4.90 Å². The molecule has 1 aliphatic carbocycles. The van der Waals surface area contributed by atoms with E-state index in [1.807, 2.05) is 33.0 Å². The SMILES string of the molecule is COC(=O)c1ncc(NC(CN2CCN(C(=O)OC(C)(C)C)CC2)c2ccc(C3CC3)cn2)cc1F. The van der Waals surface area contributed by atoms with Crippen LogP contribution in [0.2, 0.25) is 0 Å². The van der Waals surface area contributed by atoms with Gasteiger partial charge in [0.25, 0.3) is 0 Å². The van der Waals surface area contributed by atoms with Gasteiger partial charge in [-0.15, -0.1) is 0 Å². The van der Waals surface area contributed by atoms with Crippen LogP contribution in [0.15, 0.2) is 30.6 Å². The fourth-order valence-corrected chi connectivity index (χ4v) is 4.16. The van der Waals surface area contributed by atoms with Gasteiger partial charge < -0.3 is 19.7 Å². The van der Waals surface area contributed by atoms with E-state index in [1.165, 1.54) is 37.8 Å². The normalized spacial score (nSPS) is 17.4. The summed E-state index contributed by atoms with van der Waals surface area (Å²) in [5, 5.41) is 3.33. The summed E-state index contributed by atoms with van der Waals surface area (Å²) in [6.07, 6.45) is 5.42. The number of rotatable bonds is 7. The fraction of sp³-hybridized carbons (Fsp3) is 0.538. The Bertz CT molecular complexity index is 1080. The van der Waals surface area contributed by atoms with Crippen molar-refractivity contribution >= 4 is 17.7 Å². The number of nitrogens with zero attached hydrogens (tertiary/aromatic N) is 4. The van der Waals surface area contributed by atoms with Gasteiger partial charge in [0, 0.05) is 45.0 Å². The molecule has 2 fully saturated rings. The summed E-state index contributed by atoms with van der Waals surface area (Å²) in [5.74, 6) is -0.979. The van der Waals surface area contributed by atoms with E-state index in [0.29, 0.717) is 44.3 Å². The van der Waals surface area contributed by atoms with Gasteiger partial charge in [0.2, 0.25) is 0 Å². The molecular formula is C26H34FN5O4. The highest BCUT2D eigenvalue weighted by Crippen LogP contribution is 2.39. The molecule has 0 bridgehead atoms. The van der Waals surface area contributed by atoms with Crippen LogP contribution in [0, 0.1) is 5.82 Å². The number of anilines is 1. The first-order valence-corrected chi connectivity index (χ1v) is 12.3. The van der Waals surface area contributed by atoms with E-state index in [-0.39, 0.29) is 17.8 Å². The number of piperazine rings is 1. The molecule has 1 amide bonds. The van der Waals surface area contributed by atoms with E-state index in [2.05, 4.69) is 26.0 Å². The molecule has 1 unspecified atom stereocenters. The largest absolute Gasteiger partial charge is 0.464 e. The molecule has 1 aliphatic heterocycles. The number of hydrogen-bond acceptors (Lipinski definition) is 8. The number of ether oxygens (including phenoxy) is 2. The molecular weight excluding hydrogens is 465 g/mol. The van der Waals surface area contributed by atoms with E-state index < -0.39 is 17.4 Å². The molecule has 2 aliphatic rings. The molecule has 2 aromatic heterocycles. The Hall–Kier alpha value is -3.27. The lowest BCUT2D eigenvalue weighted by Crippen LogP contribution is -2.51. The molecule has 0 spiro atoms. The van der Waals surface area contributed by atoms with Crippen molar-refractivity contribution in [1.82, 2.24) is 19.8 Å². The number of amides is 1. The molecule has 4 rings (SSSR count).